The lowest BCUT2D eigenvalue weighted by Crippen LogP contribution is -2.05. The molecule has 0 unspecified atom stereocenters. The molecule has 25 heavy (non-hydrogen) atoms. The van der Waals surface area contributed by atoms with Crippen molar-refractivity contribution < 1.29 is 14.3 Å². The third-order valence-electron chi connectivity index (χ3n) is 4.05. The van der Waals surface area contributed by atoms with E-state index in [4.69, 9.17) is 9.47 Å². The molecule has 0 aliphatic carbocycles. The van der Waals surface area contributed by atoms with E-state index in [9.17, 15) is 4.79 Å². The monoisotopic (exact) mass is 335 g/mol. The number of cyclic esters (lactones) is 1. The van der Waals surface area contributed by atoms with Gasteiger partial charge in [0, 0.05) is 12.0 Å². The normalized spacial score (nSPS) is 15.2. The fourth-order valence-corrected chi connectivity index (χ4v) is 2.79. The Bertz CT molecular complexity index is 865. The highest BCUT2D eigenvalue weighted by Crippen LogP contribution is 2.25. The highest BCUT2D eigenvalue weighted by Gasteiger charge is 2.23. The largest absolute Gasteiger partial charge is 0.496 e. The smallest absolute Gasteiger partial charge is 0.363 e. The Labute approximate surface area is 147 Å². The van der Waals surface area contributed by atoms with Gasteiger partial charge in [-0.05, 0) is 44.0 Å². The van der Waals surface area contributed by atoms with Gasteiger partial charge >= 0.3 is 5.97 Å². The number of ether oxygens (including phenoxy) is 2. The predicted molar refractivity (Wildman–Crippen MR) is 98.7 cm³/mol. The van der Waals surface area contributed by atoms with E-state index in [0.717, 1.165) is 17.5 Å². The minimum absolute atomic E-state index is 0.308. The van der Waals surface area contributed by atoms with Gasteiger partial charge in [-0.3, -0.25) is 0 Å². The number of esters is 1. The lowest BCUT2D eigenvalue weighted by atomic mass is 10.1. The summed E-state index contributed by atoms with van der Waals surface area (Å²) in [7, 11) is 1.61. The zero-order valence-corrected chi connectivity index (χ0v) is 14.7. The summed E-state index contributed by atoms with van der Waals surface area (Å²) in [4.78, 5) is 16.5. The van der Waals surface area contributed by atoms with Crippen molar-refractivity contribution in [3.8, 4) is 5.75 Å². The first kappa shape index (κ1) is 17.0. The Morgan fingerprint density at radius 2 is 1.88 bits per heavy atom. The first-order chi connectivity index (χ1) is 12.0. The van der Waals surface area contributed by atoms with E-state index in [1.54, 1.807) is 13.2 Å². The fourth-order valence-electron chi connectivity index (χ4n) is 2.79. The van der Waals surface area contributed by atoms with Crippen LogP contribution in [-0.4, -0.2) is 19.0 Å². The SMILES string of the molecule is COc1ccc(C)cc1/C=C1/N=C(CCc2cccc(C)c2)OC1=O. The van der Waals surface area contributed by atoms with Gasteiger partial charge in [0.15, 0.2) is 11.6 Å². The molecule has 0 fully saturated rings. The summed E-state index contributed by atoms with van der Waals surface area (Å²) < 4.78 is 10.6. The number of benzene rings is 2. The molecule has 4 nitrogen and oxygen atoms in total. The second-order valence-corrected chi connectivity index (χ2v) is 6.16. The van der Waals surface area contributed by atoms with E-state index in [0.29, 0.717) is 23.8 Å². The van der Waals surface area contributed by atoms with Crippen molar-refractivity contribution in [3.63, 3.8) is 0 Å². The molecule has 0 aromatic heterocycles. The summed E-state index contributed by atoms with van der Waals surface area (Å²) in [6.07, 6.45) is 3.10. The second-order valence-electron chi connectivity index (χ2n) is 6.16. The molecule has 1 aliphatic heterocycles. The molecule has 0 bridgehead atoms. The molecule has 0 amide bonds. The Balaban J connectivity index is 1.77. The number of carbonyl (C=O) groups excluding carboxylic acids is 1. The van der Waals surface area contributed by atoms with Crippen molar-refractivity contribution >= 4 is 17.9 Å². The maximum Gasteiger partial charge on any atom is 0.363 e. The third-order valence-corrected chi connectivity index (χ3v) is 4.05. The summed E-state index contributed by atoms with van der Waals surface area (Å²) >= 11 is 0. The van der Waals surface area contributed by atoms with E-state index in [-0.39, 0.29) is 0 Å². The molecule has 2 aromatic carbocycles. The van der Waals surface area contributed by atoms with Crippen LogP contribution in [-0.2, 0) is 16.0 Å². The van der Waals surface area contributed by atoms with Gasteiger partial charge in [-0.15, -0.1) is 0 Å². The molecule has 1 aliphatic rings. The van der Waals surface area contributed by atoms with Crippen LogP contribution in [0.15, 0.2) is 53.2 Å². The molecular weight excluding hydrogens is 314 g/mol. The van der Waals surface area contributed by atoms with Crippen molar-refractivity contribution in [3.05, 3.63) is 70.4 Å². The lowest BCUT2D eigenvalue weighted by Gasteiger charge is -2.05. The molecule has 128 valence electrons. The predicted octanol–water partition coefficient (Wildman–Crippen LogP) is 4.24. The minimum atomic E-state index is -0.414. The average Bonchev–Trinajstić information content (AvgIpc) is 2.93. The van der Waals surface area contributed by atoms with Crippen molar-refractivity contribution in [1.82, 2.24) is 0 Å². The van der Waals surface area contributed by atoms with Crippen LogP contribution in [0.3, 0.4) is 0 Å². The molecule has 0 N–H and O–H groups in total. The summed E-state index contributed by atoms with van der Waals surface area (Å²) in [6, 6.07) is 14.1. The highest BCUT2D eigenvalue weighted by atomic mass is 16.6. The average molecular weight is 335 g/mol. The zero-order valence-electron chi connectivity index (χ0n) is 14.7. The summed E-state index contributed by atoms with van der Waals surface area (Å²) in [5, 5.41) is 0. The van der Waals surface area contributed by atoms with Gasteiger partial charge in [0.1, 0.15) is 5.75 Å². The van der Waals surface area contributed by atoms with E-state index < -0.39 is 5.97 Å². The van der Waals surface area contributed by atoms with Crippen LogP contribution in [0, 0.1) is 13.8 Å². The summed E-state index contributed by atoms with van der Waals surface area (Å²) in [5.74, 6) is 0.751. The number of methoxy groups -OCH3 is 1. The van der Waals surface area contributed by atoms with Crippen molar-refractivity contribution in [2.24, 2.45) is 4.99 Å². The quantitative estimate of drug-likeness (QED) is 0.606. The summed E-state index contributed by atoms with van der Waals surface area (Å²) in [6.45, 7) is 4.05. The number of aliphatic imine (C=N–C) groups is 1. The van der Waals surface area contributed by atoms with Crippen LogP contribution in [0.2, 0.25) is 0 Å². The number of carbonyl (C=O) groups is 1. The van der Waals surface area contributed by atoms with Crippen LogP contribution in [0.25, 0.3) is 6.08 Å². The molecule has 4 heteroatoms. The zero-order chi connectivity index (χ0) is 17.8. The van der Waals surface area contributed by atoms with Crippen molar-refractivity contribution in [2.45, 2.75) is 26.7 Å². The van der Waals surface area contributed by atoms with E-state index in [1.807, 2.05) is 31.2 Å². The first-order valence-corrected chi connectivity index (χ1v) is 8.27. The van der Waals surface area contributed by atoms with Crippen LogP contribution in [0.1, 0.15) is 28.7 Å². The molecule has 3 rings (SSSR count). The van der Waals surface area contributed by atoms with Gasteiger partial charge in [-0.1, -0.05) is 41.5 Å². The van der Waals surface area contributed by atoms with Gasteiger partial charge in [0.25, 0.3) is 0 Å². The number of hydrogen-bond acceptors (Lipinski definition) is 4. The number of nitrogens with zero attached hydrogens (tertiary/aromatic N) is 1. The van der Waals surface area contributed by atoms with Gasteiger partial charge in [0.05, 0.1) is 7.11 Å². The molecule has 2 aromatic rings. The first-order valence-electron chi connectivity index (χ1n) is 8.27. The van der Waals surface area contributed by atoms with Crippen LogP contribution < -0.4 is 4.74 Å². The van der Waals surface area contributed by atoms with E-state index >= 15 is 0 Å². The molecule has 0 spiro atoms. The summed E-state index contributed by atoms with van der Waals surface area (Å²) in [5.41, 5.74) is 4.63. The number of hydrogen-bond donors (Lipinski definition) is 0. The van der Waals surface area contributed by atoms with Gasteiger partial charge < -0.3 is 9.47 Å². The third kappa shape index (κ3) is 4.15. The van der Waals surface area contributed by atoms with Gasteiger partial charge in [-0.2, -0.15) is 0 Å². The minimum Gasteiger partial charge on any atom is -0.496 e. The van der Waals surface area contributed by atoms with Crippen LogP contribution in [0.5, 0.6) is 5.75 Å². The van der Waals surface area contributed by atoms with E-state index in [1.165, 1.54) is 11.1 Å². The lowest BCUT2D eigenvalue weighted by molar-refractivity contribution is -0.130. The Morgan fingerprint density at radius 1 is 1.08 bits per heavy atom. The maximum absolute atomic E-state index is 12.1. The van der Waals surface area contributed by atoms with E-state index in [2.05, 4.69) is 30.1 Å². The van der Waals surface area contributed by atoms with Gasteiger partial charge in [-0.25, -0.2) is 9.79 Å². The highest BCUT2D eigenvalue weighted by molar-refractivity contribution is 6.07. The number of aryl methyl sites for hydroxylation is 3. The number of rotatable bonds is 5. The molecular formula is C21H21NO3. The molecule has 0 saturated carbocycles. The Kier molecular flexibility index (Phi) is 4.98. The van der Waals surface area contributed by atoms with Gasteiger partial charge in [0.2, 0.25) is 0 Å². The maximum atomic E-state index is 12.1. The molecule has 0 atom stereocenters. The van der Waals surface area contributed by atoms with Crippen LogP contribution in [0.4, 0.5) is 0 Å². The van der Waals surface area contributed by atoms with Crippen molar-refractivity contribution in [1.29, 1.82) is 0 Å². The molecule has 0 saturated heterocycles. The van der Waals surface area contributed by atoms with Crippen molar-refractivity contribution in [2.75, 3.05) is 7.11 Å². The molecule has 1 heterocycles. The fraction of sp³-hybridized carbons (Fsp3) is 0.238. The topological polar surface area (TPSA) is 47.9 Å². The Hall–Kier alpha value is -2.88. The second kappa shape index (κ2) is 7.34. The molecule has 0 radical (unpaired) electrons. The van der Waals surface area contributed by atoms with Crippen LogP contribution >= 0.6 is 0 Å². The standard InChI is InChI=1S/C21H21NO3/c1-14-5-4-6-16(11-14)8-10-20-22-18(21(23)25-20)13-17-12-15(2)7-9-19(17)24-3/h4-7,9,11-13H,8,10H2,1-3H3/b18-13+. The Morgan fingerprint density at radius 3 is 2.64 bits per heavy atom.